The molecule has 0 amide bonds. The van der Waals surface area contributed by atoms with E-state index in [1.807, 2.05) is 25.4 Å². The summed E-state index contributed by atoms with van der Waals surface area (Å²) in [5.74, 6) is 0. The van der Waals surface area contributed by atoms with Crippen LogP contribution in [0.4, 0.5) is 0 Å². The lowest BCUT2D eigenvalue weighted by Crippen LogP contribution is -2.17. The number of aromatic nitrogens is 2. The fourth-order valence-corrected chi connectivity index (χ4v) is 2.47. The smallest absolute Gasteiger partial charge is 0.135 e. The summed E-state index contributed by atoms with van der Waals surface area (Å²) in [5.41, 5.74) is 3.60. The molecule has 0 aliphatic carbocycles. The van der Waals surface area contributed by atoms with Gasteiger partial charge in [-0.25, -0.2) is 4.98 Å². The van der Waals surface area contributed by atoms with E-state index in [1.165, 1.54) is 6.42 Å². The molecule has 4 heteroatoms. The number of hydrogen-bond acceptors (Lipinski definition) is 3. The molecule has 1 aliphatic heterocycles. The van der Waals surface area contributed by atoms with E-state index in [9.17, 15) is 0 Å². The predicted octanol–water partition coefficient (Wildman–Crippen LogP) is 2.92. The van der Waals surface area contributed by atoms with Crippen molar-refractivity contribution in [1.82, 2.24) is 9.55 Å². The van der Waals surface area contributed by atoms with Gasteiger partial charge in [0.15, 0.2) is 0 Å². The molecule has 1 aromatic carbocycles. The van der Waals surface area contributed by atoms with Crippen molar-refractivity contribution in [2.75, 3.05) is 6.61 Å². The van der Waals surface area contributed by atoms with Gasteiger partial charge >= 0.3 is 0 Å². The lowest BCUT2D eigenvalue weighted by Gasteiger charge is -2.24. The number of ether oxygens (including phenoxy) is 1. The highest BCUT2D eigenvalue weighted by molar-refractivity contribution is 5.78. The SMILES string of the molecule is Cc1cc2c(cc1C#N)ncn2[C@@H]1CCCCO1. The second-order valence-corrected chi connectivity index (χ2v) is 4.74. The van der Waals surface area contributed by atoms with Gasteiger partial charge in [0.05, 0.1) is 29.0 Å². The first-order chi connectivity index (χ1) is 8.79. The topological polar surface area (TPSA) is 50.8 Å². The van der Waals surface area contributed by atoms with Crippen LogP contribution in [0.3, 0.4) is 0 Å². The largest absolute Gasteiger partial charge is 0.358 e. The summed E-state index contributed by atoms with van der Waals surface area (Å²) in [5, 5.41) is 9.02. The van der Waals surface area contributed by atoms with Crippen LogP contribution >= 0.6 is 0 Å². The summed E-state index contributed by atoms with van der Waals surface area (Å²) in [4.78, 5) is 4.38. The van der Waals surface area contributed by atoms with Crippen molar-refractivity contribution < 1.29 is 4.74 Å². The Labute approximate surface area is 106 Å². The molecule has 1 aromatic heterocycles. The highest BCUT2D eigenvalue weighted by Gasteiger charge is 2.18. The quantitative estimate of drug-likeness (QED) is 0.771. The molecular weight excluding hydrogens is 226 g/mol. The summed E-state index contributed by atoms with van der Waals surface area (Å²) in [6, 6.07) is 6.07. The van der Waals surface area contributed by atoms with Gasteiger partial charge in [-0.2, -0.15) is 5.26 Å². The Morgan fingerprint density at radius 2 is 2.33 bits per heavy atom. The van der Waals surface area contributed by atoms with E-state index in [-0.39, 0.29) is 6.23 Å². The summed E-state index contributed by atoms with van der Waals surface area (Å²) in [6.07, 6.45) is 5.28. The van der Waals surface area contributed by atoms with Gasteiger partial charge < -0.3 is 9.30 Å². The Morgan fingerprint density at radius 3 is 3.06 bits per heavy atom. The molecule has 1 atom stereocenters. The molecule has 0 spiro atoms. The lowest BCUT2D eigenvalue weighted by atomic mass is 10.1. The number of nitrogens with zero attached hydrogens (tertiary/aromatic N) is 3. The highest BCUT2D eigenvalue weighted by atomic mass is 16.5. The van der Waals surface area contributed by atoms with E-state index < -0.39 is 0 Å². The van der Waals surface area contributed by atoms with Gasteiger partial charge in [0.1, 0.15) is 6.23 Å². The maximum absolute atomic E-state index is 9.02. The third-order valence-electron chi connectivity index (χ3n) is 3.51. The summed E-state index contributed by atoms with van der Waals surface area (Å²) in [6.45, 7) is 2.77. The van der Waals surface area contributed by atoms with Gasteiger partial charge in [0.2, 0.25) is 0 Å². The van der Waals surface area contributed by atoms with E-state index in [0.29, 0.717) is 5.56 Å². The minimum absolute atomic E-state index is 0.0936. The summed E-state index contributed by atoms with van der Waals surface area (Å²) >= 11 is 0. The highest BCUT2D eigenvalue weighted by Crippen LogP contribution is 2.27. The lowest BCUT2D eigenvalue weighted by molar-refractivity contribution is -0.0295. The predicted molar refractivity (Wildman–Crippen MR) is 68.0 cm³/mol. The van der Waals surface area contributed by atoms with Crippen LogP contribution in [-0.2, 0) is 4.74 Å². The van der Waals surface area contributed by atoms with Gasteiger partial charge in [0, 0.05) is 6.61 Å². The Balaban J connectivity index is 2.08. The van der Waals surface area contributed by atoms with Crippen LogP contribution in [0.25, 0.3) is 11.0 Å². The monoisotopic (exact) mass is 241 g/mol. The molecule has 1 fully saturated rings. The number of nitriles is 1. The van der Waals surface area contributed by atoms with Crippen LogP contribution in [-0.4, -0.2) is 16.2 Å². The number of aryl methyl sites for hydroxylation is 1. The zero-order valence-electron chi connectivity index (χ0n) is 10.4. The molecule has 2 heterocycles. The molecule has 0 bridgehead atoms. The van der Waals surface area contributed by atoms with E-state index in [1.54, 1.807) is 0 Å². The molecule has 0 radical (unpaired) electrons. The second-order valence-electron chi connectivity index (χ2n) is 4.74. The van der Waals surface area contributed by atoms with Crippen LogP contribution in [0, 0.1) is 18.3 Å². The van der Waals surface area contributed by atoms with E-state index in [0.717, 1.165) is 36.0 Å². The van der Waals surface area contributed by atoms with Crippen molar-refractivity contribution in [1.29, 1.82) is 5.26 Å². The zero-order valence-corrected chi connectivity index (χ0v) is 10.4. The molecule has 18 heavy (non-hydrogen) atoms. The Bertz CT molecular complexity index is 618. The molecule has 1 saturated heterocycles. The van der Waals surface area contributed by atoms with Crippen LogP contribution in [0.15, 0.2) is 18.5 Å². The Kier molecular flexibility index (Phi) is 2.77. The maximum Gasteiger partial charge on any atom is 0.135 e. The average molecular weight is 241 g/mol. The van der Waals surface area contributed by atoms with Crippen LogP contribution in [0.1, 0.15) is 36.6 Å². The minimum Gasteiger partial charge on any atom is -0.358 e. The van der Waals surface area contributed by atoms with Crippen molar-refractivity contribution in [2.45, 2.75) is 32.4 Å². The molecule has 3 rings (SSSR count). The number of fused-ring (bicyclic) bond motifs is 1. The van der Waals surface area contributed by atoms with Gasteiger partial charge in [-0.05, 0) is 43.9 Å². The number of benzene rings is 1. The normalized spacial score (nSPS) is 19.9. The summed E-state index contributed by atoms with van der Waals surface area (Å²) < 4.78 is 7.87. The van der Waals surface area contributed by atoms with Crippen molar-refractivity contribution >= 4 is 11.0 Å². The molecule has 0 saturated carbocycles. The first kappa shape index (κ1) is 11.2. The van der Waals surface area contributed by atoms with Gasteiger partial charge in [-0.15, -0.1) is 0 Å². The van der Waals surface area contributed by atoms with Crippen molar-refractivity contribution in [3.63, 3.8) is 0 Å². The fraction of sp³-hybridized carbons (Fsp3) is 0.429. The third-order valence-corrected chi connectivity index (χ3v) is 3.51. The van der Waals surface area contributed by atoms with Crippen LogP contribution in [0.2, 0.25) is 0 Å². The van der Waals surface area contributed by atoms with Crippen LogP contribution < -0.4 is 0 Å². The van der Waals surface area contributed by atoms with E-state index >= 15 is 0 Å². The number of imidazole rings is 1. The molecule has 0 unspecified atom stereocenters. The fourth-order valence-electron chi connectivity index (χ4n) is 2.47. The minimum atomic E-state index is 0.0936. The van der Waals surface area contributed by atoms with Crippen molar-refractivity contribution in [2.24, 2.45) is 0 Å². The summed E-state index contributed by atoms with van der Waals surface area (Å²) in [7, 11) is 0. The van der Waals surface area contributed by atoms with E-state index in [4.69, 9.17) is 10.00 Å². The molecule has 1 aliphatic rings. The van der Waals surface area contributed by atoms with E-state index in [2.05, 4.69) is 15.6 Å². The first-order valence-corrected chi connectivity index (χ1v) is 6.28. The van der Waals surface area contributed by atoms with Crippen molar-refractivity contribution in [3.05, 3.63) is 29.6 Å². The van der Waals surface area contributed by atoms with Crippen molar-refractivity contribution in [3.8, 4) is 6.07 Å². The van der Waals surface area contributed by atoms with Gasteiger partial charge in [-0.3, -0.25) is 0 Å². The molecule has 92 valence electrons. The zero-order chi connectivity index (χ0) is 12.5. The maximum atomic E-state index is 9.02. The molecular formula is C14H15N3O. The first-order valence-electron chi connectivity index (χ1n) is 6.28. The Morgan fingerprint density at radius 1 is 1.44 bits per heavy atom. The van der Waals surface area contributed by atoms with Crippen LogP contribution in [0.5, 0.6) is 0 Å². The molecule has 0 N–H and O–H groups in total. The third kappa shape index (κ3) is 1.77. The second kappa shape index (κ2) is 4.43. The van der Waals surface area contributed by atoms with Gasteiger partial charge in [-0.1, -0.05) is 0 Å². The molecule has 2 aromatic rings. The Hall–Kier alpha value is -1.86. The number of rotatable bonds is 1. The number of hydrogen-bond donors (Lipinski definition) is 0. The van der Waals surface area contributed by atoms with Gasteiger partial charge in [0.25, 0.3) is 0 Å². The standard InChI is InChI=1S/C14H15N3O/c1-10-6-13-12(7-11(10)8-15)16-9-17(13)14-4-2-3-5-18-14/h6-7,9,14H,2-5H2,1H3/t14-/m0/s1. The average Bonchev–Trinajstić information content (AvgIpc) is 2.81. The molecule has 4 nitrogen and oxygen atoms in total.